The number of hydrogen-bond donors (Lipinski definition) is 1. The van der Waals surface area contributed by atoms with Gasteiger partial charge >= 0.3 is 0 Å². The van der Waals surface area contributed by atoms with E-state index in [2.05, 4.69) is 5.32 Å². The maximum atomic E-state index is 12.5. The number of nitrogens with one attached hydrogen (secondary N) is 1. The number of para-hydroxylation sites is 1. The first-order valence-electron chi connectivity index (χ1n) is 9.85. The quantitative estimate of drug-likeness (QED) is 0.461. The monoisotopic (exact) mass is 398 g/mol. The molecule has 5 heteroatoms. The molecule has 1 N–H and O–H groups in total. The van der Waals surface area contributed by atoms with Gasteiger partial charge in [0.15, 0.2) is 0 Å². The minimum Gasteiger partial charge on any atom is -0.489 e. The third-order valence-corrected chi connectivity index (χ3v) is 4.82. The van der Waals surface area contributed by atoms with Gasteiger partial charge in [0.05, 0.1) is 5.52 Å². The minimum absolute atomic E-state index is 0.101. The molecule has 30 heavy (non-hydrogen) atoms. The Hall–Kier alpha value is -3.86. The maximum Gasteiger partial charge on any atom is 0.231 e. The van der Waals surface area contributed by atoms with Crippen LogP contribution in [0.25, 0.3) is 10.9 Å². The Morgan fingerprint density at radius 1 is 0.800 bits per heavy atom. The first-order valence-corrected chi connectivity index (χ1v) is 9.85. The predicted octanol–water partition coefficient (Wildman–Crippen LogP) is 5.28. The normalized spacial score (nSPS) is 10.7. The molecule has 0 atom stereocenters. The van der Waals surface area contributed by atoms with Crippen LogP contribution in [0.5, 0.6) is 5.75 Å². The zero-order valence-electron chi connectivity index (χ0n) is 16.5. The first kappa shape index (κ1) is 19.5. The highest BCUT2D eigenvalue weighted by atomic mass is 16.5. The number of fused-ring (bicyclic) bond motifs is 1. The van der Waals surface area contributed by atoms with Gasteiger partial charge in [-0.25, -0.2) is 0 Å². The number of rotatable bonds is 7. The second kappa shape index (κ2) is 9.09. The first-order chi connectivity index (χ1) is 14.7. The summed E-state index contributed by atoms with van der Waals surface area (Å²) in [6.45, 7) is 0.489. The Kier molecular flexibility index (Phi) is 5.90. The van der Waals surface area contributed by atoms with Gasteiger partial charge in [-0.05, 0) is 42.0 Å². The second-order valence-corrected chi connectivity index (χ2v) is 6.99. The second-order valence-electron chi connectivity index (χ2n) is 6.99. The summed E-state index contributed by atoms with van der Waals surface area (Å²) in [4.78, 5) is 24.7. The summed E-state index contributed by atoms with van der Waals surface area (Å²) in [7, 11) is 0. The molecule has 5 nitrogen and oxygen atoms in total. The van der Waals surface area contributed by atoms with Crippen molar-refractivity contribution in [3.8, 4) is 5.75 Å². The number of aromatic nitrogens is 1. The van der Waals surface area contributed by atoms with Crippen LogP contribution in [0.15, 0.2) is 91.1 Å². The van der Waals surface area contributed by atoms with Crippen molar-refractivity contribution in [2.24, 2.45) is 0 Å². The van der Waals surface area contributed by atoms with E-state index in [1.54, 1.807) is 22.9 Å². The Bertz CT molecular complexity index is 1150. The van der Waals surface area contributed by atoms with E-state index in [1.165, 1.54) is 0 Å². The van der Waals surface area contributed by atoms with Gasteiger partial charge in [-0.2, -0.15) is 0 Å². The highest BCUT2D eigenvalue weighted by molar-refractivity contribution is 5.96. The van der Waals surface area contributed by atoms with Crippen molar-refractivity contribution in [3.63, 3.8) is 0 Å². The molecule has 0 spiro atoms. The summed E-state index contributed by atoms with van der Waals surface area (Å²) in [5.74, 6) is 0.431. The number of anilines is 1. The van der Waals surface area contributed by atoms with Gasteiger partial charge in [0, 0.05) is 30.1 Å². The molecule has 1 amide bonds. The van der Waals surface area contributed by atoms with Crippen LogP contribution in [0, 0.1) is 0 Å². The van der Waals surface area contributed by atoms with Gasteiger partial charge in [-0.1, -0.05) is 48.5 Å². The van der Waals surface area contributed by atoms with Crippen LogP contribution in [-0.4, -0.2) is 16.4 Å². The van der Waals surface area contributed by atoms with Crippen molar-refractivity contribution in [1.29, 1.82) is 0 Å². The lowest BCUT2D eigenvalue weighted by Crippen LogP contribution is -2.16. The highest BCUT2D eigenvalue weighted by Crippen LogP contribution is 2.18. The molecule has 1 heterocycles. The molecule has 0 unspecified atom stereocenters. The molecule has 0 bridgehead atoms. The highest BCUT2D eigenvalue weighted by Gasteiger charge is 2.11. The van der Waals surface area contributed by atoms with Crippen molar-refractivity contribution in [3.05, 3.63) is 96.7 Å². The van der Waals surface area contributed by atoms with Crippen LogP contribution < -0.4 is 10.1 Å². The Balaban J connectivity index is 1.27. The molecule has 0 aliphatic heterocycles. The molecule has 1 aromatic heterocycles. The van der Waals surface area contributed by atoms with Crippen LogP contribution in [0.1, 0.15) is 23.2 Å². The Labute approximate surface area is 174 Å². The standard InChI is InChI=1S/C25H22N2O3/c28-24(14-15-25(29)27-17-16-20-8-4-5-9-23(20)27)26-21-10-12-22(13-11-21)30-18-19-6-2-1-3-7-19/h1-13,16-17H,14-15,18H2,(H,26,28). The lowest BCUT2D eigenvalue weighted by molar-refractivity contribution is -0.116. The molecular formula is C25H22N2O3. The third-order valence-electron chi connectivity index (χ3n) is 4.82. The molecule has 0 radical (unpaired) electrons. The Morgan fingerprint density at radius 2 is 1.53 bits per heavy atom. The molecule has 3 aromatic carbocycles. The average Bonchev–Trinajstić information content (AvgIpc) is 3.22. The summed E-state index contributed by atoms with van der Waals surface area (Å²) < 4.78 is 7.35. The van der Waals surface area contributed by atoms with Crippen LogP contribution in [-0.2, 0) is 11.4 Å². The van der Waals surface area contributed by atoms with E-state index >= 15 is 0 Å². The van der Waals surface area contributed by atoms with Gasteiger partial charge in [-0.15, -0.1) is 0 Å². The van der Waals surface area contributed by atoms with Gasteiger partial charge in [0.2, 0.25) is 11.8 Å². The molecule has 4 aromatic rings. The summed E-state index contributed by atoms with van der Waals surface area (Å²) >= 11 is 0. The van der Waals surface area contributed by atoms with Crippen molar-refractivity contribution in [2.75, 3.05) is 5.32 Å². The molecule has 0 aliphatic carbocycles. The van der Waals surface area contributed by atoms with Crippen molar-refractivity contribution in [1.82, 2.24) is 4.57 Å². The van der Waals surface area contributed by atoms with Gasteiger partial charge in [0.25, 0.3) is 0 Å². The topological polar surface area (TPSA) is 60.3 Å². The Morgan fingerprint density at radius 3 is 2.33 bits per heavy atom. The van der Waals surface area contributed by atoms with E-state index < -0.39 is 0 Å². The van der Waals surface area contributed by atoms with Gasteiger partial charge in [0.1, 0.15) is 12.4 Å². The largest absolute Gasteiger partial charge is 0.489 e. The van der Waals surface area contributed by atoms with E-state index in [0.717, 1.165) is 22.2 Å². The number of ether oxygens (including phenoxy) is 1. The van der Waals surface area contributed by atoms with Crippen LogP contribution >= 0.6 is 0 Å². The van der Waals surface area contributed by atoms with Gasteiger partial charge in [-0.3, -0.25) is 14.2 Å². The van der Waals surface area contributed by atoms with E-state index in [0.29, 0.717) is 12.3 Å². The van der Waals surface area contributed by atoms with Crippen LogP contribution in [0.2, 0.25) is 0 Å². The van der Waals surface area contributed by atoms with E-state index in [1.807, 2.05) is 72.8 Å². The summed E-state index contributed by atoms with van der Waals surface area (Å²) in [6, 6.07) is 26.7. The molecule has 150 valence electrons. The summed E-state index contributed by atoms with van der Waals surface area (Å²) in [5, 5.41) is 3.83. The van der Waals surface area contributed by atoms with Gasteiger partial charge < -0.3 is 10.1 Å². The zero-order valence-corrected chi connectivity index (χ0v) is 16.5. The van der Waals surface area contributed by atoms with Crippen LogP contribution in [0.3, 0.4) is 0 Å². The summed E-state index contributed by atoms with van der Waals surface area (Å²) in [6.07, 6.45) is 2.01. The van der Waals surface area contributed by atoms with Crippen LogP contribution in [0.4, 0.5) is 5.69 Å². The number of carbonyl (C=O) groups is 2. The number of amides is 1. The lowest BCUT2D eigenvalue weighted by Gasteiger charge is -2.09. The fourth-order valence-corrected chi connectivity index (χ4v) is 3.24. The van der Waals surface area contributed by atoms with Crippen molar-refractivity contribution in [2.45, 2.75) is 19.4 Å². The average molecular weight is 398 g/mol. The molecular weight excluding hydrogens is 376 g/mol. The minimum atomic E-state index is -0.197. The number of hydrogen-bond acceptors (Lipinski definition) is 3. The summed E-state index contributed by atoms with van der Waals surface area (Å²) in [5.41, 5.74) is 2.62. The molecule has 0 saturated carbocycles. The third kappa shape index (κ3) is 4.75. The smallest absolute Gasteiger partial charge is 0.231 e. The number of nitrogens with zero attached hydrogens (tertiary/aromatic N) is 1. The van der Waals surface area contributed by atoms with E-state index in [4.69, 9.17) is 4.74 Å². The SMILES string of the molecule is O=C(CCC(=O)n1ccc2ccccc21)Nc1ccc(OCc2ccccc2)cc1. The van der Waals surface area contributed by atoms with Crippen molar-refractivity contribution < 1.29 is 14.3 Å². The van der Waals surface area contributed by atoms with E-state index in [9.17, 15) is 9.59 Å². The molecule has 0 saturated heterocycles. The molecule has 4 rings (SSSR count). The fraction of sp³-hybridized carbons (Fsp3) is 0.120. The molecule has 0 fully saturated rings. The van der Waals surface area contributed by atoms with Crippen molar-refractivity contribution >= 4 is 28.4 Å². The van der Waals surface area contributed by atoms with E-state index in [-0.39, 0.29) is 24.7 Å². The molecule has 0 aliphatic rings. The maximum absolute atomic E-state index is 12.5. The number of carbonyl (C=O) groups excluding carboxylic acids is 2. The predicted molar refractivity (Wildman–Crippen MR) is 118 cm³/mol. The zero-order chi connectivity index (χ0) is 20.8. The lowest BCUT2D eigenvalue weighted by atomic mass is 10.2. The number of benzene rings is 3. The fourth-order valence-electron chi connectivity index (χ4n) is 3.24.